The van der Waals surface area contributed by atoms with Crippen LogP contribution in [0.25, 0.3) is 0 Å². The number of urea groups is 1. The van der Waals surface area contributed by atoms with Crippen molar-refractivity contribution >= 4 is 6.03 Å². The zero-order valence-electron chi connectivity index (χ0n) is 16.3. The Hall–Kier alpha value is -1.55. The highest BCUT2D eigenvalue weighted by molar-refractivity contribution is 5.74. The van der Waals surface area contributed by atoms with E-state index in [1.165, 1.54) is 37.7 Å². The summed E-state index contributed by atoms with van der Waals surface area (Å²) in [5.41, 5.74) is 1.38. The van der Waals surface area contributed by atoms with Gasteiger partial charge in [-0.3, -0.25) is 4.90 Å². The number of amides is 2. The molecule has 1 N–H and O–H groups in total. The largest absolute Gasteiger partial charge is 0.338 e. The van der Waals surface area contributed by atoms with Crippen molar-refractivity contribution in [3.63, 3.8) is 0 Å². The molecule has 1 aliphatic carbocycles. The number of nitrogens with zero attached hydrogens (tertiary/aromatic N) is 2. The zero-order valence-corrected chi connectivity index (χ0v) is 16.3. The highest BCUT2D eigenvalue weighted by atomic mass is 16.2. The fourth-order valence-corrected chi connectivity index (χ4v) is 4.52. The Kier molecular flexibility index (Phi) is 7.36. The lowest BCUT2D eigenvalue weighted by molar-refractivity contribution is 0.119. The van der Waals surface area contributed by atoms with Crippen molar-refractivity contribution in [1.82, 2.24) is 15.1 Å². The van der Waals surface area contributed by atoms with Gasteiger partial charge in [0.1, 0.15) is 0 Å². The quantitative estimate of drug-likeness (QED) is 0.825. The third-order valence-electron chi connectivity index (χ3n) is 6.12. The molecule has 0 aromatic heterocycles. The van der Waals surface area contributed by atoms with Crippen LogP contribution in [0.5, 0.6) is 0 Å². The molecule has 0 atom stereocenters. The van der Waals surface area contributed by atoms with Gasteiger partial charge in [0.15, 0.2) is 0 Å². The van der Waals surface area contributed by atoms with E-state index in [2.05, 4.69) is 52.4 Å². The van der Waals surface area contributed by atoms with Gasteiger partial charge in [0.2, 0.25) is 0 Å². The van der Waals surface area contributed by atoms with Crippen LogP contribution < -0.4 is 5.32 Å². The van der Waals surface area contributed by atoms with Gasteiger partial charge in [0, 0.05) is 38.8 Å². The van der Waals surface area contributed by atoms with Crippen LogP contribution in [0.2, 0.25) is 0 Å². The fraction of sp³-hybridized carbons (Fsp3) is 0.682. The molecule has 1 saturated heterocycles. The number of carbonyl (C=O) groups excluding carboxylic acids is 1. The number of benzene rings is 1. The number of rotatable bonds is 6. The lowest BCUT2D eigenvalue weighted by Crippen LogP contribution is -2.51. The summed E-state index contributed by atoms with van der Waals surface area (Å²) in [6.45, 7) is 6.95. The smallest absolute Gasteiger partial charge is 0.317 e. The molecule has 1 aliphatic heterocycles. The molecule has 0 unspecified atom stereocenters. The van der Waals surface area contributed by atoms with E-state index in [1.54, 1.807) is 0 Å². The Balaban J connectivity index is 1.43. The van der Waals surface area contributed by atoms with Crippen LogP contribution in [-0.2, 0) is 6.54 Å². The predicted octanol–water partition coefficient (Wildman–Crippen LogP) is 4.26. The van der Waals surface area contributed by atoms with Gasteiger partial charge in [-0.1, -0.05) is 49.6 Å². The second kappa shape index (κ2) is 9.96. The lowest BCUT2D eigenvalue weighted by atomic mass is 9.89. The van der Waals surface area contributed by atoms with E-state index < -0.39 is 0 Å². The number of hydrogen-bond donors (Lipinski definition) is 1. The first-order chi connectivity index (χ1) is 12.8. The van der Waals surface area contributed by atoms with E-state index in [4.69, 9.17) is 0 Å². The first kappa shape index (κ1) is 19.2. The van der Waals surface area contributed by atoms with Gasteiger partial charge in [0.25, 0.3) is 0 Å². The van der Waals surface area contributed by atoms with Crippen LogP contribution in [0.1, 0.15) is 57.4 Å². The van der Waals surface area contributed by atoms with E-state index >= 15 is 0 Å². The standard InChI is InChI=1S/C22H35N3O/c1-2-25(22(26)23-17-19-9-5-3-6-10-19)21-13-15-24(16-14-21)18-20-11-7-4-8-12-20/h4,7-8,11-12,19,21H,2-3,5-6,9-10,13-18H2,1H3,(H,23,26). The van der Waals surface area contributed by atoms with Crippen molar-refractivity contribution in [2.45, 2.75) is 64.5 Å². The van der Waals surface area contributed by atoms with Gasteiger partial charge in [-0.2, -0.15) is 0 Å². The zero-order chi connectivity index (χ0) is 18.2. The maximum atomic E-state index is 12.7. The number of nitrogens with one attached hydrogen (secondary N) is 1. The summed E-state index contributed by atoms with van der Waals surface area (Å²) >= 11 is 0. The van der Waals surface area contributed by atoms with Crippen LogP contribution in [-0.4, -0.2) is 48.1 Å². The molecule has 3 rings (SSSR count). The van der Waals surface area contributed by atoms with Gasteiger partial charge in [-0.25, -0.2) is 4.79 Å². The summed E-state index contributed by atoms with van der Waals surface area (Å²) in [7, 11) is 0. The molecule has 4 heteroatoms. The molecule has 1 heterocycles. The lowest BCUT2D eigenvalue weighted by Gasteiger charge is -2.38. The van der Waals surface area contributed by atoms with Gasteiger partial charge in [0.05, 0.1) is 0 Å². The molecule has 0 radical (unpaired) electrons. The maximum absolute atomic E-state index is 12.7. The first-order valence-electron chi connectivity index (χ1n) is 10.6. The average molecular weight is 358 g/mol. The highest BCUT2D eigenvalue weighted by Crippen LogP contribution is 2.23. The van der Waals surface area contributed by atoms with Gasteiger partial charge < -0.3 is 10.2 Å². The monoisotopic (exact) mass is 357 g/mol. The number of carbonyl (C=O) groups is 1. The molecular formula is C22H35N3O. The molecule has 1 aromatic rings. The average Bonchev–Trinajstić information content (AvgIpc) is 2.70. The SMILES string of the molecule is CCN(C(=O)NCC1CCCCC1)C1CCN(Cc2ccccc2)CC1. The minimum absolute atomic E-state index is 0.152. The second-order valence-corrected chi connectivity index (χ2v) is 7.97. The molecule has 1 saturated carbocycles. The molecule has 1 aromatic carbocycles. The summed E-state index contributed by atoms with van der Waals surface area (Å²) in [6.07, 6.45) is 8.76. The Labute approximate surface area is 158 Å². The second-order valence-electron chi connectivity index (χ2n) is 7.97. The van der Waals surface area contributed by atoms with Crippen molar-refractivity contribution < 1.29 is 4.79 Å². The number of piperidine rings is 1. The van der Waals surface area contributed by atoms with Gasteiger partial charge in [-0.15, -0.1) is 0 Å². The van der Waals surface area contributed by atoms with E-state index in [0.29, 0.717) is 12.0 Å². The third kappa shape index (κ3) is 5.47. The summed E-state index contributed by atoms with van der Waals surface area (Å²) in [6, 6.07) is 11.2. The number of likely N-dealkylation sites (tertiary alicyclic amines) is 1. The van der Waals surface area contributed by atoms with E-state index in [9.17, 15) is 4.79 Å². The molecule has 144 valence electrons. The highest BCUT2D eigenvalue weighted by Gasteiger charge is 2.27. The maximum Gasteiger partial charge on any atom is 0.317 e. The summed E-state index contributed by atoms with van der Waals surface area (Å²) in [5.74, 6) is 0.694. The molecule has 0 bridgehead atoms. The molecule has 2 aliphatic rings. The number of hydrogen-bond acceptors (Lipinski definition) is 2. The van der Waals surface area contributed by atoms with Crippen molar-refractivity contribution in [2.24, 2.45) is 5.92 Å². The summed E-state index contributed by atoms with van der Waals surface area (Å²) in [5, 5.41) is 3.23. The molecular weight excluding hydrogens is 322 g/mol. The Morgan fingerprint density at radius 1 is 1.08 bits per heavy atom. The molecule has 4 nitrogen and oxygen atoms in total. The van der Waals surface area contributed by atoms with Gasteiger partial charge in [-0.05, 0) is 44.1 Å². The van der Waals surface area contributed by atoms with Crippen molar-refractivity contribution in [2.75, 3.05) is 26.2 Å². The summed E-state index contributed by atoms with van der Waals surface area (Å²) in [4.78, 5) is 17.3. The predicted molar refractivity (Wildman–Crippen MR) is 107 cm³/mol. The van der Waals surface area contributed by atoms with E-state index in [0.717, 1.165) is 45.6 Å². The van der Waals surface area contributed by atoms with E-state index in [1.807, 2.05) is 0 Å². The topological polar surface area (TPSA) is 35.6 Å². The van der Waals surface area contributed by atoms with Gasteiger partial charge >= 0.3 is 6.03 Å². The van der Waals surface area contributed by atoms with Crippen LogP contribution in [0.15, 0.2) is 30.3 Å². The Morgan fingerprint density at radius 2 is 1.77 bits per heavy atom. The molecule has 26 heavy (non-hydrogen) atoms. The van der Waals surface area contributed by atoms with Crippen LogP contribution in [0, 0.1) is 5.92 Å². The molecule has 2 fully saturated rings. The summed E-state index contributed by atoms with van der Waals surface area (Å²) < 4.78 is 0. The van der Waals surface area contributed by atoms with Crippen LogP contribution in [0.3, 0.4) is 0 Å². The molecule has 2 amide bonds. The van der Waals surface area contributed by atoms with Crippen LogP contribution in [0.4, 0.5) is 4.79 Å². The minimum Gasteiger partial charge on any atom is -0.338 e. The third-order valence-corrected chi connectivity index (χ3v) is 6.12. The van der Waals surface area contributed by atoms with Crippen molar-refractivity contribution in [3.05, 3.63) is 35.9 Å². The first-order valence-corrected chi connectivity index (χ1v) is 10.6. The minimum atomic E-state index is 0.152. The van der Waals surface area contributed by atoms with Crippen molar-refractivity contribution in [1.29, 1.82) is 0 Å². The Bertz CT molecular complexity index is 534. The van der Waals surface area contributed by atoms with Crippen LogP contribution >= 0.6 is 0 Å². The van der Waals surface area contributed by atoms with Crippen molar-refractivity contribution in [3.8, 4) is 0 Å². The Morgan fingerprint density at radius 3 is 2.42 bits per heavy atom. The fourth-order valence-electron chi connectivity index (χ4n) is 4.52. The normalized spacial score (nSPS) is 20.0. The molecule has 0 spiro atoms. The van der Waals surface area contributed by atoms with E-state index in [-0.39, 0.29) is 6.03 Å².